The maximum atomic E-state index is 5.74. The summed E-state index contributed by atoms with van der Waals surface area (Å²) in [6.45, 7) is 2.80. The molecule has 0 atom stereocenters. The Hall–Kier alpha value is -1.23. The molecule has 0 saturated carbocycles. The lowest BCUT2D eigenvalue weighted by atomic mass is 10.1. The highest BCUT2D eigenvalue weighted by Crippen LogP contribution is 2.36. The van der Waals surface area contributed by atoms with Crippen molar-refractivity contribution in [1.82, 2.24) is 4.98 Å². The van der Waals surface area contributed by atoms with Crippen LogP contribution >= 0.6 is 27.7 Å². The molecule has 21 heavy (non-hydrogen) atoms. The third-order valence-corrected chi connectivity index (χ3v) is 5.12. The molecule has 2 nitrogen and oxygen atoms in total. The fraction of sp³-hybridized carbons (Fsp3) is 0.176. The van der Waals surface area contributed by atoms with Gasteiger partial charge in [-0.15, -0.1) is 0 Å². The van der Waals surface area contributed by atoms with Crippen molar-refractivity contribution < 1.29 is 0 Å². The van der Waals surface area contributed by atoms with Gasteiger partial charge in [0.25, 0.3) is 0 Å². The second-order valence-electron chi connectivity index (χ2n) is 5.09. The summed E-state index contributed by atoms with van der Waals surface area (Å²) in [5, 5.41) is 1.25. The number of hydrogen-bond donors (Lipinski definition) is 2. The minimum Gasteiger partial charge on any atom is -0.360 e. The molecule has 0 unspecified atom stereocenters. The van der Waals surface area contributed by atoms with Crippen molar-refractivity contribution in [2.45, 2.75) is 23.1 Å². The molecule has 0 fully saturated rings. The van der Waals surface area contributed by atoms with Crippen LogP contribution in [0.4, 0.5) is 0 Å². The predicted octanol–water partition coefficient (Wildman–Crippen LogP) is 4.89. The van der Waals surface area contributed by atoms with Crippen LogP contribution in [0.2, 0.25) is 0 Å². The van der Waals surface area contributed by atoms with Crippen molar-refractivity contribution in [2.75, 3.05) is 6.54 Å². The molecule has 0 aliphatic rings. The molecule has 1 aromatic heterocycles. The van der Waals surface area contributed by atoms with Gasteiger partial charge in [0.15, 0.2) is 0 Å². The highest BCUT2D eigenvalue weighted by Gasteiger charge is 2.09. The van der Waals surface area contributed by atoms with E-state index in [9.17, 15) is 0 Å². The van der Waals surface area contributed by atoms with E-state index in [1.165, 1.54) is 26.3 Å². The van der Waals surface area contributed by atoms with Gasteiger partial charge in [-0.25, -0.2) is 0 Å². The fourth-order valence-electron chi connectivity index (χ4n) is 2.43. The Morgan fingerprint density at radius 1 is 1.14 bits per heavy atom. The van der Waals surface area contributed by atoms with Crippen LogP contribution in [-0.4, -0.2) is 11.5 Å². The van der Waals surface area contributed by atoms with E-state index in [2.05, 4.69) is 70.4 Å². The quantitative estimate of drug-likeness (QED) is 0.695. The first-order valence-corrected chi connectivity index (χ1v) is 8.52. The van der Waals surface area contributed by atoms with Crippen molar-refractivity contribution in [3.05, 3.63) is 58.2 Å². The molecule has 2 aromatic carbocycles. The predicted molar refractivity (Wildman–Crippen MR) is 94.1 cm³/mol. The monoisotopic (exact) mass is 360 g/mol. The number of H-pyrrole nitrogens is 1. The number of aromatic nitrogens is 1. The lowest BCUT2D eigenvalue weighted by Crippen LogP contribution is -2.03. The molecule has 0 bridgehead atoms. The lowest BCUT2D eigenvalue weighted by molar-refractivity contribution is 0.942. The molecule has 1 heterocycles. The zero-order valence-electron chi connectivity index (χ0n) is 11.8. The first-order valence-electron chi connectivity index (χ1n) is 6.91. The van der Waals surface area contributed by atoms with Crippen LogP contribution < -0.4 is 5.73 Å². The Labute approximate surface area is 137 Å². The lowest BCUT2D eigenvalue weighted by Gasteiger charge is -2.09. The minimum absolute atomic E-state index is 0.678. The standard InChI is InChI=1S/C17H17BrN2S/c1-11-2-5-16(12(8-11)6-7-19)21-17-10-20-15-9-13(18)3-4-14(15)17/h2-5,8-10,20H,6-7,19H2,1H3. The van der Waals surface area contributed by atoms with Gasteiger partial charge in [-0.05, 0) is 43.7 Å². The second-order valence-corrected chi connectivity index (χ2v) is 7.09. The van der Waals surface area contributed by atoms with Gasteiger partial charge in [0, 0.05) is 31.4 Å². The van der Waals surface area contributed by atoms with Crippen molar-refractivity contribution in [2.24, 2.45) is 5.73 Å². The molecule has 3 rings (SSSR count). The number of benzene rings is 2. The molecule has 0 aliphatic heterocycles. The van der Waals surface area contributed by atoms with Crippen LogP contribution in [0.1, 0.15) is 11.1 Å². The number of nitrogens with two attached hydrogens (primary N) is 1. The Kier molecular flexibility index (Phi) is 4.38. The molecule has 3 N–H and O–H groups in total. The number of rotatable bonds is 4. The summed E-state index contributed by atoms with van der Waals surface area (Å²) in [5.74, 6) is 0. The smallest absolute Gasteiger partial charge is 0.0477 e. The van der Waals surface area contributed by atoms with Crippen LogP contribution in [0.5, 0.6) is 0 Å². The average molecular weight is 361 g/mol. The van der Waals surface area contributed by atoms with E-state index >= 15 is 0 Å². The van der Waals surface area contributed by atoms with Crippen LogP contribution in [-0.2, 0) is 6.42 Å². The number of aryl methyl sites for hydroxylation is 1. The van der Waals surface area contributed by atoms with Crippen LogP contribution in [0.3, 0.4) is 0 Å². The van der Waals surface area contributed by atoms with E-state index in [0.29, 0.717) is 6.54 Å². The van der Waals surface area contributed by atoms with E-state index in [-0.39, 0.29) is 0 Å². The second kappa shape index (κ2) is 6.26. The maximum Gasteiger partial charge on any atom is 0.0477 e. The van der Waals surface area contributed by atoms with Crippen LogP contribution in [0, 0.1) is 6.92 Å². The highest BCUT2D eigenvalue weighted by molar-refractivity contribution is 9.10. The zero-order chi connectivity index (χ0) is 14.8. The minimum atomic E-state index is 0.678. The van der Waals surface area contributed by atoms with Crippen molar-refractivity contribution in [3.63, 3.8) is 0 Å². The molecule has 0 saturated heterocycles. The van der Waals surface area contributed by atoms with Crippen molar-refractivity contribution >= 4 is 38.6 Å². The summed E-state index contributed by atoms with van der Waals surface area (Å²) in [4.78, 5) is 5.87. The van der Waals surface area contributed by atoms with Gasteiger partial charge >= 0.3 is 0 Å². The molecule has 0 aliphatic carbocycles. The first kappa shape index (κ1) is 14.7. The summed E-state index contributed by atoms with van der Waals surface area (Å²) in [6, 6.07) is 12.9. The SMILES string of the molecule is Cc1ccc(Sc2c[nH]c3cc(Br)ccc23)c(CCN)c1. The number of halogens is 1. The first-order chi connectivity index (χ1) is 10.2. The third kappa shape index (κ3) is 3.18. The van der Waals surface area contributed by atoms with Gasteiger partial charge in [0.05, 0.1) is 0 Å². The zero-order valence-corrected chi connectivity index (χ0v) is 14.2. The molecule has 0 radical (unpaired) electrons. The maximum absolute atomic E-state index is 5.74. The molecular formula is C17H17BrN2S. The topological polar surface area (TPSA) is 41.8 Å². The Bertz CT molecular complexity index is 780. The summed E-state index contributed by atoms with van der Waals surface area (Å²) >= 11 is 5.31. The molecule has 0 amide bonds. The van der Waals surface area contributed by atoms with Gasteiger partial charge in [-0.1, -0.05) is 51.5 Å². The highest BCUT2D eigenvalue weighted by atomic mass is 79.9. The Morgan fingerprint density at radius 2 is 2.00 bits per heavy atom. The van der Waals surface area contributed by atoms with E-state index in [0.717, 1.165) is 16.4 Å². The average Bonchev–Trinajstić information content (AvgIpc) is 2.84. The van der Waals surface area contributed by atoms with E-state index in [4.69, 9.17) is 5.73 Å². The van der Waals surface area contributed by atoms with E-state index in [1.807, 2.05) is 0 Å². The molecule has 3 aromatic rings. The van der Waals surface area contributed by atoms with Gasteiger partial charge < -0.3 is 10.7 Å². The molecule has 108 valence electrons. The third-order valence-electron chi connectivity index (χ3n) is 3.46. The van der Waals surface area contributed by atoms with Crippen LogP contribution in [0.25, 0.3) is 10.9 Å². The Morgan fingerprint density at radius 3 is 2.81 bits per heavy atom. The van der Waals surface area contributed by atoms with Crippen molar-refractivity contribution in [1.29, 1.82) is 0 Å². The van der Waals surface area contributed by atoms with E-state index < -0.39 is 0 Å². The fourth-order valence-corrected chi connectivity index (χ4v) is 3.87. The number of hydrogen-bond acceptors (Lipinski definition) is 2. The van der Waals surface area contributed by atoms with Gasteiger partial charge in [0.1, 0.15) is 0 Å². The summed E-state index contributed by atoms with van der Waals surface area (Å²) < 4.78 is 1.09. The molecule has 4 heteroatoms. The summed E-state index contributed by atoms with van der Waals surface area (Å²) in [6.07, 6.45) is 2.99. The Balaban J connectivity index is 1.98. The van der Waals surface area contributed by atoms with Gasteiger partial charge in [-0.3, -0.25) is 0 Å². The van der Waals surface area contributed by atoms with Crippen LogP contribution in [0.15, 0.2) is 56.9 Å². The number of fused-ring (bicyclic) bond motifs is 1. The van der Waals surface area contributed by atoms with Crippen molar-refractivity contribution in [3.8, 4) is 0 Å². The van der Waals surface area contributed by atoms with Gasteiger partial charge in [0.2, 0.25) is 0 Å². The van der Waals surface area contributed by atoms with Gasteiger partial charge in [-0.2, -0.15) is 0 Å². The number of aromatic amines is 1. The molecular weight excluding hydrogens is 344 g/mol. The van der Waals surface area contributed by atoms with E-state index in [1.54, 1.807) is 11.8 Å². The molecule has 0 spiro atoms. The number of nitrogens with one attached hydrogen (secondary N) is 1. The largest absolute Gasteiger partial charge is 0.360 e. The normalized spacial score (nSPS) is 11.2. The summed E-state index contributed by atoms with van der Waals surface area (Å²) in [5.41, 5.74) is 9.50. The summed E-state index contributed by atoms with van der Waals surface area (Å²) in [7, 11) is 0.